The van der Waals surface area contributed by atoms with E-state index < -0.39 is 0 Å². The van der Waals surface area contributed by atoms with E-state index in [9.17, 15) is 4.79 Å². The molecule has 19 heavy (non-hydrogen) atoms. The van der Waals surface area contributed by atoms with E-state index in [0.717, 1.165) is 31.5 Å². The van der Waals surface area contributed by atoms with Crippen LogP contribution in [0.3, 0.4) is 0 Å². The topological polar surface area (TPSA) is 46.3 Å². The van der Waals surface area contributed by atoms with Gasteiger partial charge in [0.25, 0.3) is 0 Å². The minimum Gasteiger partial charge on any atom is -0.343 e. The average molecular weight is 285 g/mol. The van der Waals surface area contributed by atoms with Crippen LogP contribution in [0, 0.1) is 0 Å². The second kappa shape index (κ2) is 9.82. The van der Waals surface area contributed by atoms with Crippen molar-refractivity contribution in [3.05, 3.63) is 35.9 Å². The predicted molar refractivity (Wildman–Crippen MR) is 82.4 cm³/mol. The summed E-state index contributed by atoms with van der Waals surface area (Å²) in [6, 6.07) is 9.61. The van der Waals surface area contributed by atoms with E-state index in [-0.39, 0.29) is 24.4 Å². The van der Waals surface area contributed by atoms with Crippen LogP contribution in [-0.2, 0) is 4.79 Å². The molecule has 4 heteroatoms. The van der Waals surface area contributed by atoms with Gasteiger partial charge in [0.1, 0.15) is 0 Å². The van der Waals surface area contributed by atoms with Gasteiger partial charge in [0.15, 0.2) is 0 Å². The third-order valence-electron chi connectivity index (χ3n) is 3.14. The van der Waals surface area contributed by atoms with E-state index in [4.69, 9.17) is 5.73 Å². The number of nitrogens with two attached hydrogens (primary N) is 1. The van der Waals surface area contributed by atoms with E-state index in [1.165, 1.54) is 0 Å². The van der Waals surface area contributed by atoms with Crippen LogP contribution in [0.25, 0.3) is 0 Å². The lowest BCUT2D eigenvalue weighted by atomic mass is 10.0. The van der Waals surface area contributed by atoms with Crippen molar-refractivity contribution in [3.8, 4) is 0 Å². The Morgan fingerprint density at radius 3 is 2.42 bits per heavy atom. The number of nitrogens with zero attached hydrogens (tertiary/aromatic N) is 1. The normalized spacial score (nSPS) is 11.5. The summed E-state index contributed by atoms with van der Waals surface area (Å²) < 4.78 is 0. The molecule has 0 aliphatic heterocycles. The lowest BCUT2D eigenvalue weighted by Gasteiger charge is -2.22. The highest BCUT2D eigenvalue weighted by Crippen LogP contribution is 2.14. The second-order valence-corrected chi connectivity index (χ2v) is 4.55. The summed E-state index contributed by atoms with van der Waals surface area (Å²) in [5, 5.41) is 0. The first-order valence-electron chi connectivity index (χ1n) is 6.77. The van der Waals surface area contributed by atoms with Crippen molar-refractivity contribution in [2.75, 3.05) is 13.1 Å². The van der Waals surface area contributed by atoms with Gasteiger partial charge in [-0.1, -0.05) is 43.7 Å². The fraction of sp³-hybridized carbons (Fsp3) is 0.533. The fourth-order valence-electron chi connectivity index (χ4n) is 1.94. The Kier molecular flexibility index (Phi) is 9.27. The van der Waals surface area contributed by atoms with Crippen LogP contribution < -0.4 is 5.73 Å². The van der Waals surface area contributed by atoms with Crippen LogP contribution in [0.1, 0.15) is 44.7 Å². The Bertz CT molecular complexity index is 356. The van der Waals surface area contributed by atoms with Crippen LogP contribution in [0.5, 0.6) is 0 Å². The molecule has 3 nitrogen and oxygen atoms in total. The molecule has 0 bridgehead atoms. The van der Waals surface area contributed by atoms with Crippen molar-refractivity contribution in [3.63, 3.8) is 0 Å². The van der Waals surface area contributed by atoms with Crippen LogP contribution in [-0.4, -0.2) is 23.9 Å². The van der Waals surface area contributed by atoms with E-state index in [1.807, 2.05) is 42.2 Å². The SMILES string of the molecule is CCCCN(CC)C(=O)CC(N)c1ccccc1.Cl. The molecule has 0 spiro atoms. The molecule has 1 rings (SSSR count). The molecule has 1 aromatic rings. The number of amides is 1. The number of benzene rings is 1. The summed E-state index contributed by atoms with van der Waals surface area (Å²) in [5.74, 6) is 0.155. The van der Waals surface area contributed by atoms with E-state index >= 15 is 0 Å². The van der Waals surface area contributed by atoms with Gasteiger partial charge in [0.2, 0.25) is 5.91 Å². The van der Waals surface area contributed by atoms with Crippen molar-refractivity contribution in [2.45, 2.75) is 39.2 Å². The first-order valence-corrected chi connectivity index (χ1v) is 6.77. The summed E-state index contributed by atoms with van der Waals surface area (Å²) in [6.07, 6.45) is 2.55. The molecule has 1 aromatic carbocycles. The maximum atomic E-state index is 12.1. The van der Waals surface area contributed by atoms with Gasteiger partial charge in [-0.2, -0.15) is 0 Å². The molecule has 0 saturated carbocycles. The van der Waals surface area contributed by atoms with E-state index in [1.54, 1.807) is 0 Å². The Labute approximate surface area is 122 Å². The fourth-order valence-corrected chi connectivity index (χ4v) is 1.94. The first-order chi connectivity index (χ1) is 8.69. The van der Waals surface area contributed by atoms with Crippen LogP contribution in [0.2, 0.25) is 0 Å². The zero-order chi connectivity index (χ0) is 13.4. The quantitative estimate of drug-likeness (QED) is 0.836. The van der Waals surface area contributed by atoms with Gasteiger partial charge in [-0.3, -0.25) is 4.79 Å². The second-order valence-electron chi connectivity index (χ2n) is 4.55. The molecule has 108 valence electrons. The summed E-state index contributed by atoms with van der Waals surface area (Å²) in [5.41, 5.74) is 7.09. The molecule has 1 unspecified atom stereocenters. The molecule has 0 radical (unpaired) electrons. The molecule has 1 amide bonds. The summed E-state index contributed by atoms with van der Waals surface area (Å²) in [7, 11) is 0. The first kappa shape index (κ1) is 17.9. The van der Waals surface area contributed by atoms with Crippen LogP contribution in [0.15, 0.2) is 30.3 Å². The van der Waals surface area contributed by atoms with Crippen LogP contribution >= 0.6 is 12.4 Å². The largest absolute Gasteiger partial charge is 0.343 e. The van der Waals surface area contributed by atoms with Crippen molar-refractivity contribution in [1.82, 2.24) is 4.90 Å². The van der Waals surface area contributed by atoms with E-state index in [2.05, 4.69) is 6.92 Å². The van der Waals surface area contributed by atoms with Crippen molar-refractivity contribution < 1.29 is 4.79 Å². The van der Waals surface area contributed by atoms with Gasteiger partial charge in [0, 0.05) is 25.6 Å². The average Bonchev–Trinajstić information content (AvgIpc) is 2.40. The molecule has 0 fully saturated rings. The molecule has 0 heterocycles. The Hall–Kier alpha value is -1.06. The minimum atomic E-state index is -0.200. The Balaban J connectivity index is 0.00000324. The van der Waals surface area contributed by atoms with Gasteiger partial charge in [0.05, 0.1) is 0 Å². The number of hydrogen-bond acceptors (Lipinski definition) is 2. The number of hydrogen-bond donors (Lipinski definition) is 1. The molecule has 0 aromatic heterocycles. The highest BCUT2D eigenvalue weighted by atomic mass is 35.5. The predicted octanol–water partition coefficient (Wildman–Crippen LogP) is 3.15. The Morgan fingerprint density at radius 1 is 1.26 bits per heavy atom. The van der Waals surface area contributed by atoms with Gasteiger partial charge in [-0.05, 0) is 18.9 Å². The molecule has 0 saturated heterocycles. The maximum absolute atomic E-state index is 12.1. The van der Waals surface area contributed by atoms with Gasteiger partial charge < -0.3 is 10.6 Å². The summed E-state index contributed by atoms with van der Waals surface area (Å²) in [6.45, 7) is 5.75. The maximum Gasteiger partial charge on any atom is 0.224 e. The zero-order valence-electron chi connectivity index (χ0n) is 11.8. The highest BCUT2D eigenvalue weighted by molar-refractivity contribution is 5.85. The Morgan fingerprint density at radius 2 is 1.89 bits per heavy atom. The molecule has 0 aliphatic carbocycles. The zero-order valence-corrected chi connectivity index (χ0v) is 12.7. The number of carbonyl (C=O) groups excluding carboxylic acids is 1. The number of unbranched alkanes of at least 4 members (excludes halogenated alkanes) is 1. The molecular formula is C15H25ClN2O. The van der Waals surface area contributed by atoms with Gasteiger partial charge in [-0.15, -0.1) is 12.4 Å². The standard InChI is InChI=1S/C15H24N2O.ClH/c1-3-5-11-17(4-2)15(18)12-14(16)13-9-7-6-8-10-13;/h6-10,14H,3-5,11-12,16H2,1-2H3;1H. The summed E-state index contributed by atoms with van der Waals surface area (Å²) in [4.78, 5) is 14.0. The van der Waals surface area contributed by atoms with Crippen molar-refractivity contribution in [2.24, 2.45) is 5.73 Å². The molecular weight excluding hydrogens is 260 g/mol. The third kappa shape index (κ3) is 6.08. The third-order valence-corrected chi connectivity index (χ3v) is 3.14. The lowest BCUT2D eigenvalue weighted by molar-refractivity contribution is -0.131. The smallest absolute Gasteiger partial charge is 0.224 e. The van der Waals surface area contributed by atoms with Crippen molar-refractivity contribution >= 4 is 18.3 Å². The van der Waals surface area contributed by atoms with Crippen molar-refractivity contribution in [1.29, 1.82) is 0 Å². The summed E-state index contributed by atoms with van der Waals surface area (Å²) >= 11 is 0. The van der Waals surface area contributed by atoms with E-state index in [0.29, 0.717) is 6.42 Å². The molecule has 0 aliphatic rings. The number of rotatable bonds is 7. The number of carbonyl (C=O) groups is 1. The van der Waals surface area contributed by atoms with Gasteiger partial charge in [-0.25, -0.2) is 0 Å². The monoisotopic (exact) mass is 284 g/mol. The lowest BCUT2D eigenvalue weighted by Crippen LogP contribution is -2.33. The van der Waals surface area contributed by atoms with Gasteiger partial charge >= 0.3 is 0 Å². The minimum absolute atomic E-state index is 0. The molecule has 1 atom stereocenters. The van der Waals surface area contributed by atoms with Crippen LogP contribution in [0.4, 0.5) is 0 Å². The molecule has 2 N–H and O–H groups in total. The number of halogens is 1. The highest BCUT2D eigenvalue weighted by Gasteiger charge is 2.16.